The van der Waals surface area contributed by atoms with Gasteiger partial charge in [0.2, 0.25) is 0 Å². The van der Waals surface area contributed by atoms with E-state index in [1.54, 1.807) is 18.3 Å². The number of pyridine rings is 1. The van der Waals surface area contributed by atoms with Gasteiger partial charge in [0, 0.05) is 25.0 Å². The molecule has 2 rings (SSSR count). The lowest BCUT2D eigenvalue weighted by Gasteiger charge is -2.25. The van der Waals surface area contributed by atoms with Crippen LogP contribution in [0, 0.1) is 0 Å². The Kier molecular flexibility index (Phi) is 3.61. The van der Waals surface area contributed by atoms with E-state index in [2.05, 4.69) is 10.1 Å². The van der Waals surface area contributed by atoms with Crippen LogP contribution >= 0.6 is 0 Å². The molecule has 3 N–H and O–H groups in total. The number of sulfone groups is 1. The molecule has 1 unspecified atom stereocenters. The van der Waals surface area contributed by atoms with Gasteiger partial charge in [0.1, 0.15) is 5.69 Å². The maximum atomic E-state index is 11.5. The highest BCUT2D eigenvalue weighted by Gasteiger charge is 2.30. The van der Waals surface area contributed by atoms with Gasteiger partial charge in [-0.15, -0.1) is 0 Å². The van der Waals surface area contributed by atoms with Crippen LogP contribution in [0.2, 0.25) is 0 Å². The average molecular weight is 284 g/mol. The molecule has 0 bridgehead atoms. The Hall–Kier alpha value is -1.83. The van der Waals surface area contributed by atoms with Crippen molar-refractivity contribution in [3.05, 3.63) is 24.0 Å². The second kappa shape index (κ2) is 5.04. The zero-order chi connectivity index (χ0) is 14.0. The normalized spacial score (nSPS) is 22.4. The summed E-state index contributed by atoms with van der Waals surface area (Å²) in [5.41, 5.74) is 6.63. The molecule has 1 aliphatic heterocycles. The summed E-state index contributed by atoms with van der Waals surface area (Å²) in [6, 6.07) is 3.38. The molecule has 0 radical (unpaired) electrons. The van der Waals surface area contributed by atoms with Crippen molar-refractivity contribution in [2.24, 2.45) is 10.9 Å². The highest BCUT2D eigenvalue weighted by atomic mass is 32.2. The van der Waals surface area contributed by atoms with Crippen LogP contribution in [0.4, 0.5) is 5.69 Å². The van der Waals surface area contributed by atoms with Gasteiger partial charge in [0.15, 0.2) is 15.7 Å². The summed E-state index contributed by atoms with van der Waals surface area (Å²) >= 11 is 0. The first-order chi connectivity index (χ1) is 8.93. The fourth-order valence-electron chi connectivity index (χ4n) is 2.12. The lowest BCUT2D eigenvalue weighted by atomic mass is 10.2. The van der Waals surface area contributed by atoms with Crippen LogP contribution < -0.4 is 10.6 Å². The third-order valence-electron chi connectivity index (χ3n) is 3.28. The van der Waals surface area contributed by atoms with Crippen molar-refractivity contribution in [2.75, 3.05) is 23.5 Å². The van der Waals surface area contributed by atoms with Crippen LogP contribution in [0.15, 0.2) is 23.5 Å². The van der Waals surface area contributed by atoms with E-state index >= 15 is 0 Å². The van der Waals surface area contributed by atoms with Gasteiger partial charge in [-0.2, -0.15) is 0 Å². The molecule has 19 heavy (non-hydrogen) atoms. The van der Waals surface area contributed by atoms with Crippen LogP contribution in [0.25, 0.3) is 0 Å². The summed E-state index contributed by atoms with van der Waals surface area (Å²) in [5, 5.41) is 11.5. The molecule has 8 heteroatoms. The van der Waals surface area contributed by atoms with Gasteiger partial charge in [-0.3, -0.25) is 4.98 Å². The van der Waals surface area contributed by atoms with Gasteiger partial charge in [-0.25, -0.2) is 8.42 Å². The molecular formula is C11H16N4O3S. The number of amidine groups is 1. The minimum atomic E-state index is -2.93. The first kappa shape index (κ1) is 13.6. The van der Waals surface area contributed by atoms with Crippen LogP contribution in [0.5, 0.6) is 0 Å². The Morgan fingerprint density at radius 2 is 2.37 bits per heavy atom. The van der Waals surface area contributed by atoms with Gasteiger partial charge < -0.3 is 15.8 Å². The third-order valence-corrected chi connectivity index (χ3v) is 5.03. The first-order valence-corrected chi connectivity index (χ1v) is 7.62. The minimum absolute atomic E-state index is 0.0486. The van der Waals surface area contributed by atoms with Gasteiger partial charge in [0.25, 0.3) is 0 Å². The number of aromatic nitrogens is 1. The van der Waals surface area contributed by atoms with E-state index < -0.39 is 9.84 Å². The summed E-state index contributed by atoms with van der Waals surface area (Å²) < 4.78 is 23.0. The molecule has 1 atom stereocenters. The fraction of sp³-hybridized carbons (Fsp3) is 0.455. The SMILES string of the molecule is CN(c1ccnc(C(N)=NO)c1)C1CCS(=O)(=O)C1. The Bertz CT molecular complexity index is 600. The number of rotatable bonds is 3. The number of hydrogen-bond acceptors (Lipinski definition) is 6. The van der Waals surface area contributed by atoms with E-state index in [1.165, 1.54) is 0 Å². The molecule has 1 fully saturated rings. The number of oxime groups is 1. The van der Waals surface area contributed by atoms with Gasteiger partial charge >= 0.3 is 0 Å². The first-order valence-electron chi connectivity index (χ1n) is 5.80. The van der Waals surface area contributed by atoms with E-state index in [-0.39, 0.29) is 23.4 Å². The highest BCUT2D eigenvalue weighted by molar-refractivity contribution is 7.91. The predicted octanol–water partition coefficient (Wildman–Crippen LogP) is -0.201. The lowest BCUT2D eigenvalue weighted by Crippen LogP contribution is -2.32. The Labute approximate surface area is 111 Å². The second-order valence-corrected chi connectivity index (χ2v) is 6.78. The molecule has 0 aliphatic carbocycles. The molecule has 7 nitrogen and oxygen atoms in total. The van der Waals surface area contributed by atoms with Crippen molar-refractivity contribution in [1.82, 2.24) is 4.98 Å². The molecule has 2 heterocycles. The summed E-state index contributed by atoms with van der Waals surface area (Å²) in [4.78, 5) is 5.88. The van der Waals surface area contributed by atoms with E-state index in [4.69, 9.17) is 10.9 Å². The number of nitrogens with two attached hydrogens (primary N) is 1. The van der Waals surface area contributed by atoms with E-state index in [0.717, 1.165) is 5.69 Å². The van der Waals surface area contributed by atoms with E-state index in [0.29, 0.717) is 12.1 Å². The topological polar surface area (TPSA) is 109 Å². The summed E-state index contributed by atoms with van der Waals surface area (Å²) in [6.45, 7) is 0. The van der Waals surface area contributed by atoms with Crippen LogP contribution in [0.3, 0.4) is 0 Å². The Balaban J connectivity index is 2.23. The number of nitrogens with zero attached hydrogens (tertiary/aromatic N) is 3. The van der Waals surface area contributed by atoms with Crippen LogP contribution in [-0.4, -0.2) is 49.0 Å². The monoisotopic (exact) mass is 284 g/mol. The van der Waals surface area contributed by atoms with Crippen molar-refractivity contribution < 1.29 is 13.6 Å². The summed E-state index contributed by atoms with van der Waals surface area (Å²) in [5.74, 6) is 0.305. The van der Waals surface area contributed by atoms with Crippen molar-refractivity contribution in [1.29, 1.82) is 0 Å². The zero-order valence-electron chi connectivity index (χ0n) is 10.5. The summed E-state index contributed by atoms with van der Waals surface area (Å²) in [6.07, 6.45) is 2.16. The molecule has 1 aromatic rings. The van der Waals surface area contributed by atoms with Crippen LogP contribution in [-0.2, 0) is 9.84 Å². The lowest BCUT2D eigenvalue weighted by molar-refractivity contribution is 0.318. The smallest absolute Gasteiger partial charge is 0.188 e. The van der Waals surface area contributed by atoms with Crippen molar-refractivity contribution in [3.63, 3.8) is 0 Å². The molecular weight excluding hydrogens is 268 g/mol. The van der Waals surface area contributed by atoms with E-state index in [9.17, 15) is 8.42 Å². The fourth-order valence-corrected chi connectivity index (χ4v) is 3.90. The quantitative estimate of drug-likeness (QED) is 0.344. The molecule has 1 aromatic heterocycles. The Morgan fingerprint density at radius 1 is 1.63 bits per heavy atom. The van der Waals surface area contributed by atoms with Crippen LogP contribution in [0.1, 0.15) is 12.1 Å². The molecule has 0 amide bonds. The maximum Gasteiger partial charge on any atom is 0.188 e. The van der Waals surface area contributed by atoms with Gasteiger partial charge in [0.05, 0.1) is 11.5 Å². The second-order valence-electron chi connectivity index (χ2n) is 4.55. The number of anilines is 1. The zero-order valence-corrected chi connectivity index (χ0v) is 11.3. The molecule has 0 spiro atoms. The maximum absolute atomic E-state index is 11.5. The molecule has 1 saturated heterocycles. The third kappa shape index (κ3) is 2.95. The average Bonchev–Trinajstić information content (AvgIpc) is 2.77. The van der Waals surface area contributed by atoms with Crippen molar-refractivity contribution >= 4 is 21.4 Å². The largest absolute Gasteiger partial charge is 0.409 e. The molecule has 1 aliphatic rings. The van der Waals surface area contributed by atoms with Crippen molar-refractivity contribution in [2.45, 2.75) is 12.5 Å². The van der Waals surface area contributed by atoms with Crippen molar-refractivity contribution in [3.8, 4) is 0 Å². The van der Waals surface area contributed by atoms with E-state index in [1.807, 2.05) is 11.9 Å². The van der Waals surface area contributed by atoms with Gasteiger partial charge in [-0.05, 0) is 18.6 Å². The van der Waals surface area contributed by atoms with Gasteiger partial charge in [-0.1, -0.05) is 5.16 Å². The molecule has 0 aromatic carbocycles. The summed E-state index contributed by atoms with van der Waals surface area (Å²) in [7, 11) is -1.10. The minimum Gasteiger partial charge on any atom is -0.409 e. The number of hydrogen-bond donors (Lipinski definition) is 2. The predicted molar refractivity (Wildman–Crippen MR) is 72.2 cm³/mol. The molecule has 0 saturated carbocycles. The Morgan fingerprint density at radius 3 is 2.95 bits per heavy atom. The molecule has 104 valence electrons. The standard InChI is InChI=1S/C11H16N4O3S/c1-15(9-3-5-19(17,18)7-9)8-2-4-13-10(6-8)11(12)14-16/h2,4,6,9,16H,3,5,7H2,1H3,(H2,12,14). The highest BCUT2D eigenvalue weighted by Crippen LogP contribution is 2.22.